The van der Waals surface area contributed by atoms with Crippen LogP contribution in [0.3, 0.4) is 0 Å². The van der Waals surface area contributed by atoms with Gasteiger partial charge in [-0.2, -0.15) is 0 Å². The molecule has 1 saturated carbocycles. The smallest absolute Gasteiger partial charge is 0.148 e. The summed E-state index contributed by atoms with van der Waals surface area (Å²) >= 11 is 0. The number of hydrogen-bond donors (Lipinski definition) is 3. The van der Waals surface area contributed by atoms with Crippen molar-refractivity contribution < 1.29 is 0 Å². The molecule has 0 atom stereocenters. The molecule has 0 spiro atoms. The maximum atomic E-state index is 5.51. The second-order valence-corrected chi connectivity index (χ2v) is 5.68. The van der Waals surface area contributed by atoms with Crippen molar-refractivity contribution in [2.75, 3.05) is 10.7 Å². The van der Waals surface area contributed by atoms with Gasteiger partial charge in [-0.25, -0.2) is 15.8 Å². The van der Waals surface area contributed by atoms with E-state index in [1.165, 1.54) is 12.8 Å². The molecule has 0 bridgehead atoms. The van der Waals surface area contributed by atoms with Gasteiger partial charge in [-0.3, -0.25) is 0 Å². The van der Waals surface area contributed by atoms with Crippen LogP contribution in [0.5, 0.6) is 0 Å². The van der Waals surface area contributed by atoms with Crippen molar-refractivity contribution in [3.05, 3.63) is 11.4 Å². The number of hydrazine groups is 1. The Balaban J connectivity index is 2.41. The second-order valence-electron chi connectivity index (χ2n) is 5.68. The number of rotatable bonds is 3. The van der Waals surface area contributed by atoms with Gasteiger partial charge in [-0.1, -0.05) is 20.8 Å². The lowest BCUT2D eigenvalue weighted by Gasteiger charge is -2.20. The lowest BCUT2D eigenvalue weighted by Crippen LogP contribution is -2.21. The summed E-state index contributed by atoms with van der Waals surface area (Å²) in [6.07, 6.45) is 2.44. The van der Waals surface area contributed by atoms with Gasteiger partial charge in [0.25, 0.3) is 0 Å². The third-order valence-corrected chi connectivity index (χ3v) is 2.87. The Morgan fingerprint density at radius 2 is 1.76 bits per heavy atom. The van der Waals surface area contributed by atoms with Gasteiger partial charge in [-0.05, 0) is 19.8 Å². The molecule has 0 amide bonds. The molecular weight excluding hydrogens is 214 g/mol. The normalized spacial score (nSPS) is 15.8. The maximum absolute atomic E-state index is 5.51. The minimum Gasteiger partial charge on any atom is -0.367 e. The maximum Gasteiger partial charge on any atom is 0.148 e. The molecule has 5 heteroatoms. The predicted octanol–water partition coefficient (Wildman–Crippen LogP) is 1.94. The molecule has 1 aromatic heterocycles. The number of nitrogen functional groups attached to an aromatic ring is 1. The Morgan fingerprint density at radius 3 is 2.24 bits per heavy atom. The summed E-state index contributed by atoms with van der Waals surface area (Å²) in [7, 11) is 0. The van der Waals surface area contributed by atoms with Gasteiger partial charge in [-0.15, -0.1) is 0 Å². The molecule has 0 aliphatic heterocycles. The standard InChI is InChI=1S/C12H21N5/c1-7-9(14-8-5-6-8)15-11(12(2,3)4)16-10(7)17-13/h8H,5-6,13H2,1-4H3,(H2,14,15,16,17). The highest BCUT2D eigenvalue weighted by Gasteiger charge is 2.25. The van der Waals surface area contributed by atoms with Gasteiger partial charge in [0, 0.05) is 17.0 Å². The minimum absolute atomic E-state index is 0.0840. The van der Waals surface area contributed by atoms with Crippen molar-refractivity contribution in [3.63, 3.8) is 0 Å². The van der Waals surface area contributed by atoms with Crippen LogP contribution in [0, 0.1) is 6.92 Å². The molecule has 5 nitrogen and oxygen atoms in total. The van der Waals surface area contributed by atoms with Crippen LogP contribution in [0.4, 0.5) is 11.6 Å². The van der Waals surface area contributed by atoms with Gasteiger partial charge in [0.1, 0.15) is 17.5 Å². The number of nitrogens with one attached hydrogen (secondary N) is 2. The number of aromatic nitrogens is 2. The molecule has 1 aromatic rings. The number of anilines is 2. The molecule has 17 heavy (non-hydrogen) atoms. The van der Waals surface area contributed by atoms with E-state index in [0.717, 1.165) is 17.2 Å². The zero-order valence-electron chi connectivity index (χ0n) is 11.0. The third kappa shape index (κ3) is 2.66. The van der Waals surface area contributed by atoms with Crippen molar-refractivity contribution in [1.29, 1.82) is 0 Å². The average molecular weight is 235 g/mol. The highest BCUT2D eigenvalue weighted by molar-refractivity contribution is 5.57. The van der Waals surface area contributed by atoms with Crippen LogP contribution in [0.25, 0.3) is 0 Å². The largest absolute Gasteiger partial charge is 0.367 e. The summed E-state index contributed by atoms with van der Waals surface area (Å²) in [4.78, 5) is 9.08. The van der Waals surface area contributed by atoms with Crippen LogP contribution >= 0.6 is 0 Å². The van der Waals surface area contributed by atoms with E-state index in [9.17, 15) is 0 Å². The van der Waals surface area contributed by atoms with E-state index in [-0.39, 0.29) is 5.41 Å². The van der Waals surface area contributed by atoms with E-state index < -0.39 is 0 Å². The molecule has 1 aliphatic rings. The Morgan fingerprint density at radius 1 is 1.18 bits per heavy atom. The van der Waals surface area contributed by atoms with Crippen LogP contribution in [-0.2, 0) is 5.41 Å². The molecule has 1 aliphatic carbocycles. The molecule has 0 radical (unpaired) electrons. The zero-order valence-corrected chi connectivity index (χ0v) is 11.0. The summed E-state index contributed by atoms with van der Waals surface area (Å²) < 4.78 is 0. The van der Waals surface area contributed by atoms with Crippen LogP contribution in [0.2, 0.25) is 0 Å². The first-order valence-electron chi connectivity index (χ1n) is 6.04. The van der Waals surface area contributed by atoms with Crippen molar-refractivity contribution in [2.24, 2.45) is 5.84 Å². The van der Waals surface area contributed by atoms with Gasteiger partial charge < -0.3 is 10.7 Å². The first-order valence-corrected chi connectivity index (χ1v) is 6.04. The minimum atomic E-state index is -0.0840. The lowest BCUT2D eigenvalue weighted by molar-refractivity contribution is 0.546. The zero-order chi connectivity index (χ0) is 12.6. The van der Waals surface area contributed by atoms with Gasteiger partial charge in [0.2, 0.25) is 0 Å². The van der Waals surface area contributed by atoms with E-state index in [1.54, 1.807) is 0 Å². The number of nitrogens with zero attached hydrogens (tertiary/aromatic N) is 2. The van der Waals surface area contributed by atoms with Crippen molar-refractivity contribution in [1.82, 2.24) is 9.97 Å². The molecular formula is C12H21N5. The van der Waals surface area contributed by atoms with Gasteiger partial charge in [0.05, 0.1) is 0 Å². The van der Waals surface area contributed by atoms with Crippen LogP contribution < -0.4 is 16.6 Å². The Hall–Kier alpha value is -1.36. The fourth-order valence-electron chi connectivity index (χ4n) is 1.55. The predicted molar refractivity (Wildman–Crippen MR) is 69.9 cm³/mol. The summed E-state index contributed by atoms with van der Waals surface area (Å²) in [6.45, 7) is 8.27. The van der Waals surface area contributed by atoms with Crippen molar-refractivity contribution in [2.45, 2.75) is 52.0 Å². The van der Waals surface area contributed by atoms with Crippen LogP contribution in [0.15, 0.2) is 0 Å². The molecule has 4 N–H and O–H groups in total. The van der Waals surface area contributed by atoms with Crippen LogP contribution in [0.1, 0.15) is 45.0 Å². The first-order chi connectivity index (χ1) is 7.91. The summed E-state index contributed by atoms with van der Waals surface area (Å²) in [5, 5.41) is 3.42. The first kappa shape index (κ1) is 12.1. The number of nitrogens with two attached hydrogens (primary N) is 1. The van der Waals surface area contributed by atoms with E-state index in [4.69, 9.17) is 5.84 Å². The molecule has 0 unspecified atom stereocenters. The fourth-order valence-corrected chi connectivity index (χ4v) is 1.55. The Labute approximate surface area is 102 Å². The topological polar surface area (TPSA) is 75.9 Å². The average Bonchev–Trinajstić information content (AvgIpc) is 3.03. The third-order valence-electron chi connectivity index (χ3n) is 2.87. The Bertz CT molecular complexity index is 418. The quantitative estimate of drug-likeness (QED) is 0.551. The highest BCUT2D eigenvalue weighted by Crippen LogP contribution is 2.30. The molecule has 1 fully saturated rings. The van der Waals surface area contributed by atoms with Crippen molar-refractivity contribution >= 4 is 11.6 Å². The Kier molecular flexibility index (Phi) is 2.95. The molecule has 1 heterocycles. The monoisotopic (exact) mass is 235 g/mol. The summed E-state index contributed by atoms with van der Waals surface area (Å²) in [5.74, 6) is 7.92. The molecule has 2 rings (SSSR count). The van der Waals surface area contributed by atoms with Crippen LogP contribution in [-0.4, -0.2) is 16.0 Å². The molecule has 94 valence electrons. The van der Waals surface area contributed by atoms with E-state index in [0.29, 0.717) is 11.9 Å². The lowest BCUT2D eigenvalue weighted by atomic mass is 9.95. The highest BCUT2D eigenvalue weighted by atomic mass is 15.3. The van der Waals surface area contributed by atoms with E-state index in [1.807, 2.05) is 6.92 Å². The SMILES string of the molecule is Cc1c(NN)nc(C(C)(C)C)nc1NC1CC1. The summed E-state index contributed by atoms with van der Waals surface area (Å²) in [5.41, 5.74) is 3.55. The molecule has 0 saturated heterocycles. The van der Waals surface area contributed by atoms with Gasteiger partial charge >= 0.3 is 0 Å². The van der Waals surface area contributed by atoms with E-state index in [2.05, 4.69) is 41.5 Å². The second kappa shape index (κ2) is 4.14. The van der Waals surface area contributed by atoms with Crippen molar-refractivity contribution in [3.8, 4) is 0 Å². The van der Waals surface area contributed by atoms with E-state index >= 15 is 0 Å². The molecule has 0 aromatic carbocycles. The van der Waals surface area contributed by atoms with Gasteiger partial charge in [0.15, 0.2) is 0 Å². The fraction of sp³-hybridized carbons (Fsp3) is 0.667. The summed E-state index contributed by atoms with van der Waals surface area (Å²) in [6, 6.07) is 0.571. The number of hydrogen-bond acceptors (Lipinski definition) is 5.